The zero-order valence-corrected chi connectivity index (χ0v) is 20.2. The van der Waals surface area contributed by atoms with Crippen molar-refractivity contribution in [1.29, 1.82) is 0 Å². The summed E-state index contributed by atoms with van der Waals surface area (Å²) in [5.74, 6) is 1.56. The Balaban J connectivity index is 1.36. The third-order valence-electron chi connectivity index (χ3n) is 6.79. The van der Waals surface area contributed by atoms with Crippen LogP contribution in [0.3, 0.4) is 0 Å². The smallest absolute Gasteiger partial charge is 0.273 e. The fraction of sp³-hybridized carbons (Fsp3) is 0.231. The second kappa shape index (κ2) is 8.70. The highest BCUT2D eigenvalue weighted by molar-refractivity contribution is 5.96. The Morgan fingerprint density at radius 3 is 2.70 bits per heavy atom. The standard InChI is InChI=1S/C26H23N7O4/c1-16-9-10-18(14-21(16)33(35)36)25(34)31-12-11-30(15-17(31)2)26-27-20-7-4-3-6-19(20)23-28-29-24(32(23)26)22-8-5-13-37-22/h3-10,13-14,17H,11-12,15H2,1-2H3/t17-/m1/s1. The van der Waals surface area contributed by atoms with Crippen molar-refractivity contribution in [3.63, 3.8) is 0 Å². The van der Waals surface area contributed by atoms with Gasteiger partial charge in [-0.05, 0) is 44.2 Å². The summed E-state index contributed by atoms with van der Waals surface area (Å²) in [5, 5.41) is 21.1. The number of aryl methyl sites for hydroxylation is 1. The Bertz CT molecular complexity index is 1660. The van der Waals surface area contributed by atoms with Gasteiger partial charge in [0.05, 0.1) is 16.7 Å². The molecule has 37 heavy (non-hydrogen) atoms. The number of carbonyl (C=O) groups is 1. The molecule has 1 atom stereocenters. The molecule has 11 heteroatoms. The number of anilines is 1. The molecule has 0 saturated carbocycles. The molecule has 0 N–H and O–H groups in total. The van der Waals surface area contributed by atoms with E-state index in [2.05, 4.69) is 15.1 Å². The molecule has 1 aliphatic heterocycles. The number of hydrogen-bond acceptors (Lipinski definition) is 8. The van der Waals surface area contributed by atoms with Crippen molar-refractivity contribution in [2.75, 3.05) is 24.5 Å². The summed E-state index contributed by atoms with van der Waals surface area (Å²) in [6.07, 6.45) is 1.59. The molecular formula is C26H23N7O4. The van der Waals surface area contributed by atoms with E-state index in [0.29, 0.717) is 53.9 Å². The molecule has 4 heterocycles. The van der Waals surface area contributed by atoms with Crippen molar-refractivity contribution >= 4 is 34.1 Å². The number of amides is 1. The first-order valence-corrected chi connectivity index (χ1v) is 11.9. The fourth-order valence-electron chi connectivity index (χ4n) is 4.89. The number of benzene rings is 2. The van der Waals surface area contributed by atoms with Crippen LogP contribution in [-0.2, 0) is 0 Å². The molecule has 2 aromatic carbocycles. The highest BCUT2D eigenvalue weighted by atomic mass is 16.6. The molecule has 1 amide bonds. The number of rotatable bonds is 4. The van der Waals surface area contributed by atoms with Crippen molar-refractivity contribution in [2.24, 2.45) is 0 Å². The minimum atomic E-state index is -0.458. The van der Waals surface area contributed by atoms with E-state index in [9.17, 15) is 14.9 Å². The van der Waals surface area contributed by atoms with Crippen LogP contribution in [0.2, 0.25) is 0 Å². The van der Waals surface area contributed by atoms with E-state index in [4.69, 9.17) is 9.40 Å². The van der Waals surface area contributed by atoms with E-state index in [1.54, 1.807) is 36.3 Å². The Kier molecular flexibility index (Phi) is 5.32. The van der Waals surface area contributed by atoms with Crippen molar-refractivity contribution < 1.29 is 14.1 Å². The first kappa shape index (κ1) is 22.7. The van der Waals surface area contributed by atoms with Crippen LogP contribution in [0.15, 0.2) is 65.3 Å². The van der Waals surface area contributed by atoms with Gasteiger partial charge in [-0.25, -0.2) is 9.38 Å². The van der Waals surface area contributed by atoms with Gasteiger partial charge < -0.3 is 14.2 Å². The van der Waals surface area contributed by atoms with Crippen LogP contribution in [0, 0.1) is 17.0 Å². The van der Waals surface area contributed by atoms with E-state index < -0.39 is 4.92 Å². The third-order valence-corrected chi connectivity index (χ3v) is 6.79. The zero-order valence-electron chi connectivity index (χ0n) is 20.2. The second-order valence-electron chi connectivity index (χ2n) is 9.14. The van der Waals surface area contributed by atoms with Crippen molar-refractivity contribution in [3.8, 4) is 11.6 Å². The maximum Gasteiger partial charge on any atom is 0.273 e. The van der Waals surface area contributed by atoms with Crippen LogP contribution in [0.25, 0.3) is 28.1 Å². The average molecular weight is 498 g/mol. The lowest BCUT2D eigenvalue weighted by atomic mass is 10.1. The average Bonchev–Trinajstić information content (AvgIpc) is 3.58. The summed E-state index contributed by atoms with van der Waals surface area (Å²) in [6, 6.07) is 15.8. The number of carbonyl (C=O) groups excluding carboxylic acids is 1. The molecule has 3 aromatic heterocycles. The summed E-state index contributed by atoms with van der Waals surface area (Å²) in [6.45, 7) is 5.07. The number of nitro benzene ring substituents is 1. The van der Waals surface area contributed by atoms with Crippen LogP contribution < -0.4 is 4.90 Å². The van der Waals surface area contributed by atoms with Crippen LogP contribution in [0.4, 0.5) is 11.6 Å². The molecule has 0 radical (unpaired) electrons. The number of para-hydroxylation sites is 1. The van der Waals surface area contributed by atoms with Crippen LogP contribution in [0.1, 0.15) is 22.8 Å². The molecule has 1 saturated heterocycles. The summed E-state index contributed by atoms with van der Waals surface area (Å²) in [5.41, 5.74) is 2.24. The molecule has 1 aliphatic rings. The van der Waals surface area contributed by atoms with E-state index >= 15 is 0 Å². The minimum absolute atomic E-state index is 0.0574. The highest BCUT2D eigenvalue weighted by Crippen LogP contribution is 2.30. The first-order valence-electron chi connectivity index (χ1n) is 11.9. The van der Waals surface area contributed by atoms with Crippen LogP contribution >= 0.6 is 0 Å². The topological polar surface area (TPSA) is 123 Å². The molecule has 5 aromatic rings. The van der Waals surface area contributed by atoms with Gasteiger partial charge in [0.25, 0.3) is 11.6 Å². The SMILES string of the molecule is Cc1ccc(C(=O)N2CCN(c3nc4ccccc4c4nnc(-c5ccco5)n34)C[C@H]2C)cc1[N+](=O)[O-]. The number of nitro groups is 1. The summed E-state index contributed by atoms with van der Waals surface area (Å²) >= 11 is 0. The van der Waals surface area contributed by atoms with Gasteiger partial charge in [-0.3, -0.25) is 14.9 Å². The van der Waals surface area contributed by atoms with Crippen LogP contribution in [-0.4, -0.2) is 61.0 Å². The predicted molar refractivity (Wildman–Crippen MR) is 137 cm³/mol. The molecule has 186 valence electrons. The molecule has 6 rings (SSSR count). The lowest BCUT2D eigenvalue weighted by molar-refractivity contribution is -0.385. The molecule has 0 bridgehead atoms. The van der Waals surface area contributed by atoms with Gasteiger partial charge >= 0.3 is 0 Å². The number of fused-ring (bicyclic) bond motifs is 3. The second-order valence-corrected chi connectivity index (χ2v) is 9.14. The van der Waals surface area contributed by atoms with Gasteiger partial charge in [0.15, 0.2) is 11.4 Å². The summed E-state index contributed by atoms with van der Waals surface area (Å²) < 4.78 is 7.52. The number of aromatic nitrogens is 4. The quantitative estimate of drug-likeness (QED) is 0.269. The lowest BCUT2D eigenvalue weighted by Crippen LogP contribution is -2.54. The predicted octanol–water partition coefficient (Wildman–Crippen LogP) is 4.11. The Labute approximate surface area is 211 Å². The van der Waals surface area contributed by atoms with Gasteiger partial charge in [0.2, 0.25) is 11.8 Å². The monoisotopic (exact) mass is 497 g/mol. The summed E-state index contributed by atoms with van der Waals surface area (Å²) in [7, 11) is 0. The van der Waals surface area contributed by atoms with Crippen molar-refractivity contribution in [2.45, 2.75) is 19.9 Å². The van der Waals surface area contributed by atoms with Crippen molar-refractivity contribution in [1.82, 2.24) is 24.5 Å². The van der Waals surface area contributed by atoms with E-state index in [0.717, 1.165) is 10.9 Å². The van der Waals surface area contributed by atoms with Gasteiger partial charge in [-0.15, -0.1) is 10.2 Å². The number of furan rings is 1. The van der Waals surface area contributed by atoms with Gasteiger partial charge in [-0.2, -0.15) is 0 Å². The van der Waals surface area contributed by atoms with Gasteiger partial charge in [-0.1, -0.05) is 18.2 Å². The lowest BCUT2D eigenvalue weighted by Gasteiger charge is -2.40. The largest absolute Gasteiger partial charge is 0.461 e. The first-order chi connectivity index (χ1) is 17.9. The molecule has 11 nitrogen and oxygen atoms in total. The fourth-order valence-corrected chi connectivity index (χ4v) is 4.89. The van der Waals surface area contributed by atoms with E-state index in [1.807, 2.05) is 41.7 Å². The Morgan fingerprint density at radius 2 is 1.95 bits per heavy atom. The maximum atomic E-state index is 13.3. The normalized spacial score (nSPS) is 16.0. The molecule has 0 unspecified atom stereocenters. The van der Waals surface area contributed by atoms with E-state index in [1.165, 1.54) is 6.07 Å². The van der Waals surface area contributed by atoms with Crippen molar-refractivity contribution in [3.05, 3.63) is 82.1 Å². The number of hydrogen-bond donors (Lipinski definition) is 0. The highest BCUT2D eigenvalue weighted by Gasteiger charge is 2.32. The number of piperazine rings is 1. The Morgan fingerprint density at radius 1 is 1.11 bits per heavy atom. The molecule has 0 spiro atoms. The molecule has 0 aliphatic carbocycles. The van der Waals surface area contributed by atoms with Crippen LogP contribution in [0.5, 0.6) is 0 Å². The minimum Gasteiger partial charge on any atom is -0.461 e. The Hall–Kier alpha value is -4.80. The zero-order chi connectivity index (χ0) is 25.7. The molecular weight excluding hydrogens is 474 g/mol. The van der Waals surface area contributed by atoms with Gasteiger partial charge in [0, 0.05) is 48.3 Å². The van der Waals surface area contributed by atoms with E-state index in [-0.39, 0.29) is 17.6 Å². The molecule has 1 fully saturated rings. The van der Waals surface area contributed by atoms with Gasteiger partial charge in [0.1, 0.15) is 0 Å². The summed E-state index contributed by atoms with van der Waals surface area (Å²) in [4.78, 5) is 33.1. The maximum absolute atomic E-state index is 13.3. The third kappa shape index (κ3) is 3.75. The number of nitrogens with zero attached hydrogens (tertiary/aromatic N) is 7.